The first-order valence-corrected chi connectivity index (χ1v) is 10.4. The van der Waals surface area contributed by atoms with Gasteiger partial charge in [-0.25, -0.2) is 4.79 Å². The van der Waals surface area contributed by atoms with Gasteiger partial charge in [-0.05, 0) is 67.9 Å². The highest BCUT2D eigenvalue weighted by Crippen LogP contribution is 2.27. The molecule has 2 aromatic rings. The highest BCUT2D eigenvalue weighted by molar-refractivity contribution is 6.30. The fraction of sp³-hybridized carbons (Fsp3) is 0.381. The van der Waals surface area contributed by atoms with E-state index in [0.29, 0.717) is 35.2 Å². The first kappa shape index (κ1) is 23.5. The van der Waals surface area contributed by atoms with Crippen LogP contribution in [0, 0.1) is 0 Å². The van der Waals surface area contributed by atoms with Crippen LogP contribution in [0.2, 0.25) is 10.0 Å². The molecule has 1 unspecified atom stereocenters. The number of alkyl halides is 3. The SMILES string of the molecule is O=C(Nc1ccc(Cl)cc1)OC(CN1CCC[C@H](Oc2ccc(Cl)cc2)C1)C(F)(F)F. The molecule has 1 aliphatic rings. The van der Waals surface area contributed by atoms with Gasteiger partial charge < -0.3 is 9.47 Å². The Balaban J connectivity index is 1.57. The molecule has 168 valence electrons. The number of rotatable bonds is 6. The van der Waals surface area contributed by atoms with Gasteiger partial charge in [0.1, 0.15) is 11.9 Å². The van der Waals surface area contributed by atoms with Crippen LogP contribution in [0.15, 0.2) is 48.5 Å². The third-order valence-corrected chi connectivity index (χ3v) is 5.21. The lowest BCUT2D eigenvalue weighted by molar-refractivity contribution is -0.207. The fourth-order valence-corrected chi connectivity index (χ4v) is 3.48. The van der Waals surface area contributed by atoms with E-state index in [-0.39, 0.29) is 18.3 Å². The largest absolute Gasteiger partial charge is 0.489 e. The van der Waals surface area contributed by atoms with E-state index in [0.717, 1.165) is 0 Å². The first-order chi connectivity index (χ1) is 14.7. The molecular formula is C21H21Cl2F3N2O3. The lowest BCUT2D eigenvalue weighted by Crippen LogP contribution is -2.49. The molecule has 1 N–H and O–H groups in total. The normalized spacial score (nSPS) is 18.3. The van der Waals surface area contributed by atoms with Crippen LogP contribution in [0.1, 0.15) is 12.8 Å². The van der Waals surface area contributed by atoms with Gasteiger partial charge in [-0.3, -0.25) is 10.2 Å². The van der Waals surface area contributed by atoms with Crippen LogP contribution < -0.4 is 10.1 Å². The zero-order chi connectivity index (χ0) is 22.4. The van der Waals surface area contributed by atoms with Crippen LogP contribution in [-0.2, 0) is 4.74 Å². The summed E-state index contributed by atoms with van der Waals surface area (Å²) in [6.45, 7) is 0.268. The molecular weight excluding hydrogens is 456 g/mol. The first-order valence-electron chi connectivity index (χ1n) is 9.63. The Bertz CT molecular complexity index is 864. The summed E-state index contributed by atoms with van der Waals surface area (Å²) in [5, 5.41) is 3.29. The highest BCUT2D eigenvalue weighted by Gasteiger charge is 2.44. The molecule has 5 nitrogen and oxygen atoms in total. The number of amides is 1. The van der Waals surface area contributed by atoms with Crippen molar-refractivity contribution in [1.82, 2.24) is 4.90 Å². The monoisotopic (exact) mass is 476 g/mol. The van der Waals surface area contributed by atoms with Gasteiger partial charge in [0.2, 0.25) is 6.10 Å². The van der Waals surface area contributed by atoms with E-state index >= 15 is 0 Å². The van der Waals surface area contributed by atoms with E-state index in [2.05, 4.69) is 5.32 Å². The highest BCUT2D eigenvalue weighted by atomic mass is 35.5. The van der Waals surface area contributed by atoms with E-state index in [4.69, 9.17) is 32.7 Å². The molecule has 0 aliphatic carbocycles. The molecule has 0 radical (unpaired) electrons. The number of nitrogens with zero attached hydrogens (tertiary/aromatic N) is 1. The Labute approximate surface area is 188 Å². The lowest BCUT2D eigenvalue weighted by atomic mass is 10.1. The minimum absolute atomic E-state index is 0.272. The number of piperidine rings is 1. The molecule has 0 saturated carbocycles. The molecule has 3 rings (SSSR count). The number of anilines is 1. The number of hydrogen-bond donors (Lipinski definition) is 1. The van der Waals surface area contributed by atoms with Crippen molar-refractivity contribution >= 4 is 35.0 Å². The average Bonchev–Trinajstić information content (AvgIpc) is 2.71. The molecule has 0 bridgehead atoms. The predicted octanol–water partition coefficient (Wildman–Crippen LogP) is 6.02. The summed E-state index contributed by atoms with van der Waals surface area (Å²) < 4.78 is 51.1. The van der Waals surface area contributed by atoms with E-state index in [9.17, 15) is 18.0 Å². The topological polar surface area (TPSA) is 50.8 Å². The molecule has 1 amide bonds. The molecule has 1 aliphatic heterocycles. The number of hydrogen-bond acceptors (Lipinski definition) is 4. The molecule has 1 heterocycles. The fourth-order valence-electron chi connectivity index (χ4n) is 3.23. The molecule has 10 heteroatoms. The summed E-state index contributed by atoms with van der Waals surface area (Å²) in [7, 11) is 0. The van der Waals surface area contributed by atoms with Crippen LogP contribution in [-0.4, -0.2) is 49.0 Å². The van der Waals surface area contributed by atoms with Crippen molar-refractivity contribution in [3.05, 3.63) is 58.6 Å². The van der Waals surface area contributed by atoms with Crippen molar-refractivity contribution < 1.29 is 27.4 Å². The van der Waals surface area contributed by atoms with Crippen molar-refractivity contribution in [2.45, 2.75) is 31.2 Å². The molecule has 31 heavy (non-hydrogen) atoms. The third-order valence-electron chi connectivity index (χ3n) is 4.71. The van der Waals surface area contributed by atoms with Crippen LogP contribution >= 0.6 is 23.2 Å². The number of halogens is 5. The van der Waals surface area contributed by atoms with Crippen molar-refractivity contribution in [1.29, 1.82) is 0 Å². The molecule has 2 aromatic carbocycles. The van der Waals surface area contributed by atoms with Crippen molar-refractivity contribution in [2.75, 3.05) is 25.0 Å². The Morgan fingerprint density at radius 2 is 1.71 bits per heavy atom. The molecule has 1 fully saturated rings. The van der Waals surface area contributed by atoms with Gasteiger partial charge in [0.05, 0.1) is 0 Å². The minimum atomic E-state index is -4.71. The molecule has 0 spiro atoms. The maximum atomic E-state index is 13.5. The summed E-state index contributed by atoms with van der Waals surface area (Å²) in [5.74, 6) is 0.599. The van der Waals surface area contributed by atoms with E-state index < -0.39 is 24.9 Å². The number of likely N-dealkylation sites (tertiary alicyclic amines) is 1. The average molecular weight is 477 g/mol. The lowest BCUT2D eigenvalue weighted by Gasteiger charge is -2.35. The van der Waals surface area contributed by atoms with Gasteiger partial charge in [0.25, 0.3) is 0 Å². The van der Waals surface area contributed by atoms with Gasteiger partial charge in [0, 0.05) is 28.8 Å². The number of ether oxygens (including phenoxy) is 2. The molecule has 2 atom stereocenters. The Morgan fingerprint density at radius 3 is 2.32 bits per heavy atom. The number of carbonyl (C=O) groups is 1. The number of nitrogens with one attached hydrogen (secondary N) is 1. The van der Waals surface area contributed by atoms with Gasteiger partial charge in [0.15, 0.2) is 0 Å². The second-order valence-corrected chi connectivity index (χ2v) is 8.04. The number of carbonyl (C=O) groups excluding carboxylic acids is 1. The standard InChI is InChI=1S/C21H21Cl2F3N2O3/c22-14-3-7-16(8-4-14)27-20(29)31-19(21(24,25)26)13-28-11-1-2-18(12-28)30-17-9-5-15(23)6-10-17/h3-10,18-19H,1-2,11-13H2,(H,27,29)/t18-,19?/m0/s1. The van der Waals surface area contributed by atoms with Crippen molar-refractivity contribution in [2.24, 2.45) is 0 Å². The third kappa shape index (κ3) is 7.48. The minimum Gasteiger partial charge on any atom is -0.489 e. The molecule has 1 saturated heterocycles. The second-order valence-electron chi connectivity index (χ2n) is 7.16. The van der Waals surface area contributed by atoms with E-state index in [1.807, 2.05) is 0 Å². The van der Waals surface area contributed by atoms with Crippen LogP contribution in [0.3, 0.4) is 0 Å². The predicted molar refractivity (Wildman–Crippen MR) is 113 cm³/mol. The smallest absolute Gasteiger partial charge is 0.426 e. The summed E-state index contributed by atoms with van der Waals surface area (Å²) in [6.07, 6.45) is -7.05. The summed E-state index contributed by atoms with van der Waals surface area (Å²) >= 11 is 11.6. The van der Waals surface area contributed by atoms with Gasteiger partial charge in [-0.2, -0.15) is 13.2 Å². The Morgan fingerprint density at radius 1 is 1.10 bits per heavy atom. The van der Waals surface area contributed by atoms with Crippen LogP contribution in [0.4, 0.5) is 23.7 Å². The summed E-state index contributed by atoms with van der Waals surface area (Å²) in [4.78, 5) is 13.6. The van der Waals surface area contributed by atoms with Gasteiger partial charge in [-0.1, -0.05) is 23.2 Å². The van der Waals surface area contributed by atoms with Crippen LogP contribution in [0.5, 0.6) is 5.75 Å². The maximum absolute atomic E-state index is 13.5. The quantitative estimate of drug-likeness (QED) is 0.553. The van der Waals surface area contributed by atoms with E-state index in [1.54, 1.807) is 29.2 Å². The number of benzene rings is 2. The van der Waals surface area contributed by atoms with Crippen molar-refractivity contribution in [3.8, 4) is 5.75 Å². The van der Waals surface area contributed by atoms with Crippen LogP contribution in [0.25, 0.3) is 0 Å². The Hall–Kier alpha value is -2.16. The molecule has 0 aromatic heterocycles. The second kappa shape index (κ2) is 10.4. The summed E-state index contributed by atoms with van der Waals surface area (Å²) in [6, 6.07) is 12.7. The summed E-state index contributed by atoms with van der Waals surface area (Å²) in [5.41, 5.74) is 0.282. The zero-order valence-corrected chi connectivity index (χ0v) is 17.9. The zero-order valence-electron chi connectivity index (χ0n) is 16.4. The van der Waals surface area contributed by atoms with Crippen molar-refractivity contribution in [3.63, 3.8) is 0 Å². The van der Waals surface area contributed by atoms with Gasteiger partial charge >= 0.3 is 12.3 Å². The van der Waals surface area contributed by atoms with Gasteiger partial charge in [-0.15, -0.1) is 0 Å². The Kier molecular flexibility index (Phi) is 7.91. The van der Waals surface area contributed by atoms with E-state index in [1.165, 1.54) is 24.3 Å². The maximum Gasteiger partial charge on any atom is 0.426 e.